The van der Waals surface area contributed by atoms with E-state index in [0.717, 1.165) is 5.56 Å². The first-order chi connectivity index (χ1) is 17.7. The van der Waals surface area contributed by atoms with Crippen LogP contribution in [-0.2, 0) is 26.7 Å². The lowest BCUT2D eigenvalue weighted by Gasteiger charge is -2.38. The molecule has 2 aliphatic rings. The second-order valence-electron chi connectivity index (χ2n) is 9.91. The van der Waals surface area contributed by atoms with Gasteiger partial charge in [0.25, 0.3) is 5.91 Å². The highest BCUT2D eigenvalue weighted by Crippen LogP contribution is 2.40. The van der Waals surface area contributed by atoms with E-state index in [4.69, 9.17) is 10.5 Å². The number of carbonyl (C=O) groups is 1. The Bertz CT molecular complexity index is 1390. The van der Waals surface area contributed by atoms with Crippen molar-refractivity contribution >= 4 is 21.7 Å². The monoisotopic (exact) mass is 526 g/mol. The molecule has 0 bridgehead atoms. The van der Waals surface area contributed by atoms with E-state index in [1.165, 1.54) is 27.3 Å². The SMILES string of the molecule is C[C@H]1CC[C@H](c2ccccc2)S(=O)(=O)N1Cc1ccc(C2(C(=O)n3ccc(N)n3)CCOCC2)cc1F. The Labute approximate surface area is 216 Å². The molecule has 8 nitrogen and oxygen atoms in total. The number of rotatable bonds is 5. The second kappa shape index (κ2) is 10.00. The number of hydrogen-bond donors (Lipinski definition) is 1. The van der Waals surface area contributed by atoms with Gasteiger partial charge in [-0.25, -0.2) is 17.5 Å². The molecule has 2 atom stereocenters. The molecular weight excluding hydrogens is 495 g/mol. The molecule has 2 fully saturated rings. The molecule has 2 saturated heterocycles. The van der Waals surface area contributed by atoms with E-state index in [1.807, 2.05) is 37.3 Å². The summed E-state index contributed by atoms with van der Waals surface area (Å²) in [5.74, 6) is -0.610. The lowest BCUT2D eigenvalue weighted by Crippen LogP contribution is -2.45. The molecule has 0 amide bonds. The van der Waals surface area contributed by atoms with Crippen molar-refractivity contribution in [2.24, 2.45) is 0 Å². The minimum atomic E-state index is -3.70. The van der Waals surface area contributed by atoms with E-state index in [9.17, 15) is 13.2 Å². The highest BCUT2D eigenvalue weighted by atomic mass is 32.2. The van der Waals surface area contributed by atoms with Crippen molar-refractivity contribution in [2.45, 2.75) is 55.9 Å². The standard InChI is InChI=1S/C27H31FN4O4S/c1-19-7-10-24(20-5-3-2-4-6-20)37(34,35)32(19)18-21-8-9-22(17-23(21)28)27(12-15-36-16-13-27)26(33)31-14-11-25(29)30-31/h2-6,8-9,11,14,17,19,24H,7,10,12-13,15-16,18H2,1H3,(H2,29,30)/t19-,24+/m0/s1. The van der Waals surface area contributed by atoms with Crippen LogP contribution in [0.1, 0.15) is 59.3 Å². The van der Waals surface area contributed by atoms with Gasteiger partial charge in [0.1, 0.15) is 16.9 Å². The lowest BCUT2D eigenvalue weighted by atomic mass is 9.73. The van der Waals surface area contributed by atoms with Crippen LogP contribution >= 0.6 is 0 Å². The maximum Gasteiger partial charge on any atom is 0.257 e. The fourth-order valence-electron chi connectivity index (χ4n) is 5.51. The Hall–Kier alpha value is -3.08. The molecule has 2 aliphatic heterocycles. The van der Waals surface area contributed by atoms with Gasteiger partial charge in [0.15, 0.2) is 0 Å². The maximum atomic E-state index is 15.6. The average Bonchev–Trinajstić information content (AvgIpc) is 3.33. The molecule has 1 aromatic heterocycles. The summed E-state index contributed by atoms with van der Waals surface area (Å²) in [4.78, 5) is 13.5. The molecule has 0 saturated carbocycles. The van der Waals surface area contributed by atoms with Gasteiger partial charge < -0.3 is 10.5 Å². The Balaban J connectivity index is 1.45. The highest BCUT2D eigenvalue weighted by Gasteiger charge is 2.44. The molecule has 0 spiro atoms. The maximum absolute atomic E-state index is 15.6. The van der Waals surface area contributed by atoms with Gasteiger partial charge >= 0.3 is 0 Å². The molecule has 3 aromatic rings. The third-order valence-electron chi connectivity index (χ3n) is 7.70. The molecule has 3 heterocycles. The van der Waals surface area contributed by atoms with E-state index < -0.39 is 26.5 Å². The topological polar surface area (TPSA) is 108 Å². The van der Waals surface area contributed by atoms with Crippen LogP contribution in [0.4, 0.5) is 10.2 Å². The van der Waals surface area contributed by atoms with Crippen LogP contribution in [0.2, 0.25) is 0 Å². The Morgan fingerprint density at radius 3 is 2.51 bits per heavy atom. The first-order valence-electron chi connectivity index (χ1n) is 12.5. The van der Waals surface area contributed by atoms with E-state index in [-0.39, 0.29) is 29.9 Å². The number of anilines is 1. The number of benzene rings is 2. The number of sulfonamides is 1. The zero-order chi connectivity index (χ0) is 26.2. The van der Waals surface area contributed by atoms with Gasteiger partial charge in [-0.1, -0.05) is 42.5 Å². The molecule has 5 rings (SSSR count). The summed E-state index contributed by atoms with van der Waals surface area (Å²) in [6, 6.07) is 15.1. The summed E-state index contributed by atoms with van der Waals surface area (Å²) in [5.41, 5.74) is 6.24. The smallest absolute Gasteiger partial charge is 0.257 e. The zero-order valence-corrected chi connectivity index (χ0v) is 21.5. The number of carbonyl (C=O) groups excluding carboxylic acids is 1. The molecule has 0 aliphatic carbocycles. The van der Waals surface area contributed by atoms with Crippen molar-refractivity contribution in [3.8, 4) is 0 Å². The Morgan fingerprint density at radius 2 is 1.86 bits per heavy atom. The van der Waals surface area contributed by atoms with Crippen LogP contribution in [0, 0.1) is 5.82 Å². The van der Waals surface area contributed by atoms with E-state index in [2.05, 4.69) is 5.10 Å². The number of halogens is 1. The quantitative estimate of drug-likeness (QED) is 0.538. The first-order valence-corrected chi connectivity index (χ1v) is 14.0. The Morgan fingerprint density at radius 1 is 1.14 bits per heavy atom. The van der Waals surface area contributed by atoms with Crippen LogP contribution in [0.3, 0.4) is 0 Å². The van der Waals surface area contributed by atoms with Crippen molar-refractivity contribution in [3.63, 3.8) is 0 Å². The number of nitrogens with two attached hydrogens (primary N) is 1. The van der Waals surface area contributed by atoms with Crippen LogP contribution in [0.25, 0.3) is 0 Å². The first kappa shape index (κ1) is 25.6. The molecule has 0 unspecified atom stereocenters. The minimum Gasteiger partial charge on any atom is -0.382 e. The fourth-order valence-corrected chi connectivity index (χ4v) is 7.70. The number of nitrogens with zero attached hydrogens (tertiary/aromatic N) is 3. The summed E-state index contributed by atoms with van der Waals surface area (Å²) >= 11 is 0. The van der Waals surface area contributed by atoms with Crippen molar-refractivity contribution in [1.82, 2.24) is 14.1 Å². The Kier molecular flexibility index (Phi) is 6.91. The normalized spacial score (nSPS) is 23.5. The van der Waals surface area contributed by atoms with Gasteiger partial charge in [-0.15, -0.1) is 5.10 Å². The van der Waals surface area contributed by atoms with E-state index in [1.54, 1.807) is 12.1 Å². The molecule has 37 heavy (non-hydrogen) atoms. The van der Waals surface area contributed by atoms with Crippen molar-refractivity contribution < 1.29 is 22.3 Å². The number of hydrogen-bond acceptors (Lipinski definition) is 6. The predicted octanol–water partition coefficient (Wildman–Crippen LogP) is 4.05. The summed E-state index contributed by atoms with van der Waals surface area (Å²) < 4.78 is 50.9. The van der Waals surface area contributed by atoms with Gasteiger partial charge in [-0.3, -0.25) is 4.79 Å². The molecule has 0 radical (unpaired) electrons. The summed E-state index contributed by atoms with van der Waals surface area (Å²) in [5, 5.41) is 3.41. The third-order valence-corrected chi connectivity index (χ3v) is 10.1. The van der Waals surface area contributed by atoms with Gasteiger partial charge in [-0.2, -0.15) is 4.31 Å². The zero-order valence-electron chi connectivity index (χ0n) is 20.7. The predicted molar refractivity (Wildman–Crippen MR) is 138 cm³/mol. The summed E-state index contributed by atoms with van der Waals surface area (Å²) in [7, 11) is -3.70. The second-order valence-corrected chi connectivity index (χ2v) is 12.0. The molecule has 196 valence electrons. The largest absolute Gasteiger partial charge is 0.382 e. The third kappa shape index (κ3) is 4.69. The van der Waals surface area contributed by atoms with Gasteiger partial charge in [0.2, 0.25) is 10.0 Å². The molecular formula is C27H31FN4O4S. The van der Waals surface area contributed by atoms with Crippen LogP contribution in [0.5, 0.6) is 0 Å². The van der Waals surface area contributed by atoms with Crippen molar-refractivity contribution in [3.05, 3.63) is 83.3 Å². The number of ether oxygens (including phenoxy) is 1. The summed E-state index contributed by atoms with van der Waals surface area (Å²) in [6.45, 7) is 2.50. The fraction of sp³-hybridized carbons (Fsp3) is 0.407. The van der Waals surface area contributed by atoms with Gasteiger partial charge in [0.05, 0.1) is 5.41 Å². The van der Waals surface area contributed by atoms with Gasteiger partial charge in [-0.05, 0) is 49.8 Å². The number of aromatic nitrogens is 2. The van der Waals surface area contributed by atoms with Crippen molar-refractivity contribution in [2.75, 3.05) is 18.9 Å². The van der Waals surface area contributed by atoms with E-state index >= 15 is 4.39 Å². The van der Waals surface area contributed by atoms with Crippen LogP contribution < -0.4 is 5.73 Å². The summed E-state index contributed by atoms with van der Waals surface area (Å²) in [6.07, 6.45) is 3.46. The lowest BCUT2D eigenvalue weighted by molar-refractivity contribution is 0.0355. The highest BCUT2D eigenvalue weighted by molar-refractivity contribution is 7.89. The van der Waals surface area contributed by atoms with Crippen molar-refractivity contribution in [1.29, 1.82) is 0 Å². The van der Waals surface area contributed by atoms with Crippen LogP contribution in [-0.4, -0.2) is 47.7 Å². The molecule has 2 aromatic carbocycles. The molecule has 2 N–H and O–H groups in total. The van der Waals surface area contributed by atoms with Crippen LogP contribution in [0.15, 0.2) is 60.8 Å². The van der Waals surface area contributed by atoms with E-state index in [0.29, 0.717) is 44.5 Å². The van der Waals surface area contributed by atoms with Gasteiger partial charge in [0, 0.05) is 43.6 Å². The average molecular weight is 527 g/mol. The number of nitrogen functional groups attached to an aromatic ring is 1. The minimum absolute atomic E-state index is 0.0707. The molecule has 10 heteroatoms.